The van der Waals surface area contributed by atoms with Crippen LogP contribution in [0.15, 0.2) is 79.3 Å². The molecule has 6 rings (SSSR count). The van der Waals surface area contributed by atoms with Crippen LogP contribution in [0.3, 0.4) is 0 Å². The topological polar surface area (TPSA) is 133 Å². The fourth-order valence-electron chi connectivity index (χ4n) is 5.82. The largest absolute Gasteiger partial charge is 0.465 e. The normalized spacial score (nSPS) is 15.1. The quantitative estimate of drug-likeness (QED) is 0.169. The minimum absolute atomic E-state index is 0.0145. The first kappa shape index (κ1) is 30.1. The number of rotatable bonds is 6. The van der Waals surface area contributed by atoms with Crippen molar-refractivity contribution >= 4 is 40.0 Å². The molecule has 1 aliphatic rings. The van der Waals surface area contributed by atoms with Gasteiger partial charge in [0.25, 0.3) is 0 Å². The molecule has 46 heavy (non-hydrogen) atoms. The zero-order valence-corrected chi connectivity index (χ0v) is 24.2. The molecule has 232 valence electrons. The minimum atomic E-state index is -4.65. The number of anilines is 1. The second kappa shape index (κ2) is 11.6. The molecule has 10 nitrogen and oxygen atoms in total. The standard InChI is InChI=1S/C33H25F3N6O4/c1-40-18-38-26-15-23(24(16-29(26)40)33(34,35)36)22-5-3-13-42-27(22)9-10-28(42)31(44)19-6-8-25(20(14-19)17-37)39-30(43)11-7-21-4-2-12-41(21)32(45)46/h3,5-11,13-16,18,21H,2,4,12H2,1H3,(H,39,43)(H,45,46). The first-order chi connectivity index (χ1) is 22.0. The maximum absolute atomic E-state index is 14.2. The van der Waals surface area contributed by atoms with Crippen molar-refractivity contribution in [3.05, 3.63) is 102 Å². The van der Waals surface area contributed by atoms with Gasteiger partial charge in [-0.25, -0.2) is 9.78 Å². The van der Waals surface area contributed by atoms with Crippen LogP contribution in [0, 0.1) is 11.3 Å². The van der Waals surface area contributed by atoms with Crippen molar-refractivity contribution in [3.63, 3.8) is 0 Å². The van der Waals surface area contributed by atoms with Gasteiger partial charge in [0.2, 0.25) is 11.7 Å². The smallest absolute Gasteiger partial charge is 0.417 e. The van der Waals surface area contributed by atoms with E-state index in [4.69, 9.17) is 0 Å². The summed E-state index contributed by atoms with van der Waals surface area (Å²) in [4.78, 5) is 43.0. The summed E-state index contributed by atoms with van der Waals surface area (Å²) in [6, 6.07) is 14.3. The van der Waals surface area contributed by atoms with Gasteiger partial charge in [0.05, 0.1) is 51.4 Å². The van der Waals surface area contributed by atoms with Crippen LogP contribution >= 0.6 is 0 Å². The monoisotopic (exact) mass is 626 g/mol. The molecule has 4 heterocycles. The molecule has 0 bridgehead atoms. The summed E-state index contributed by atoms with van der Waals surface area (Å²) in [5, 5.41) is 21.6. The SMILES string of the molecule is Cn1cnc2cc(-c3cccn4c(C(=O)c5ccc(NC(=O)C=CC6CCCN6C(=O)O)c(C#N)c5)ccc34)c(C(F)(F)F)cc21. The first-order valence-electron chi connectivity index (χ1n) is 14.2. The Labute approximate surface area is 259 Å². The van der Waals surface area contributed by atoms with Gasteiger partial charge in [0.15, 0.2) is 0 Å². The van der Waals surface area contributed by atoms with Crippen LogP contribution in [0.4, 0.5) is 23.7 Å². The van der Waals surface area contributed by atoms with E-state index in [2.05, 4.69) is 10.3 Å². The van der Waals surface area contributed by atoms with Crippen molar-refractivity contribution in [3.8, 4) is 17.2 Å². The van der Waals surface area contributed by atoms with Gasteiger partial charge in [-0.1, -0.05) is 12.1 Å². The third-order valence-electron chi connectivity index (χ3n) is 8.06. The molecule has 1 aliphatic heterocycles. The van der Waals surface area contributed by atoms with Gasteiger partial charge in [-0.2, -0.15) is 18.4 Å². The van der Waals surface area contributed by atoms with Gasteiger partial charge >= 0.3 is 12.3 Å². The number of aryl methyl sites for hydroxylation is 1. The summed E-state index contributed by atoms with van der Waals surface area (Å²) in [7, 11) is 1.61. The van der Waals surface area contributed by atoms with Crippen molar-refractivity contribution < 1.29 is 32.7 Å². The number of nitriles is 1. The van der Waals surface area contributed by atoms with E-state index < -0.39 is 35.6 Å². The lowest BCUT2D eigenvalue weighted by atomic mass is 9.98. The van der Waals surface area contributed by atoms with E-state index >= 15 is 0 Å². The summed E-state index contributed by atoms with van der Waals surface area (Å²) >= 11 is 0. The summed E-state index contributed by atoms with van der Waals surface area (Å²) < 4.78 is 45.7. The molecule has 13 heteroatoms. The third-order valence-corrected chi connectivity index (χ3v) is 8.06. The molecule has 2 amide bonds. The van der Waals surface area contributed by atoms with Crippen molar-refractivity contribution in [1.29, 1.82) is 5.26 Å². The average molecular weight is 627 g/mol. The number of imidazole rings is 1. The lowest BCUT2D eigenvalue weighted by molar-refractivity contribution is -0.137. The Balaban J connectivity index is 1.30. The maximum atomic E-state index is 14.2. The van der Waals surface area contributed by atoms with Gasteiger partial charge < -0.3 is 24.3 Å². The Hall–Kier alpha value is -5.90. The number of carbonyl (C=O) groups excluding carboxylic acids is 2. The number of carboxylic acid groups (broad SMARTS) is 1. The van der Waals surface area contributed by atoms with Crippen LogP contribution in [0.2, 0.25) is 0 Å². The molecule has 3 aromatic heterocycles. The lowest BCUT2D eigenvalue weighted by Gasteiger charge is -2.17. The summed E-state index contributed by atoms with van der Waals surface area (Å²) in [5.41, 5.74) is 0.894. The number of hydrogen-bond donors (Lipinski definition) is 2. The van der Waals surface area contributed by atoms with E-state index in [-0.39, 0.29) is 33.6 Å². The van der Waals surface area contributed by atoms with Crippen LogP contribution < -0.4 is 5.32 Å². The highest BCUT2D eigenvalue weighted by atomic mass is 19.4. The third kappa shape index (κ3) is 5.45. The molecule has 1 fully saturated rings. The van der Waals surface area contributed by atoms with E-state index in [9.17, 15) is 37.9 Å². The molecule has 1 saturated heterocycles. The number of nitrogens with one attached hydrogen (secondary N) is 1. The Morgan fingerprint density at radius 3 is 2.63 bits per heavy atom. The van der Waals surface area contributed by atoms with Gasteiger partial charge in [-0.05, 0) is 66.9 Å². The van der Waals surface area contributed by atoms with Crippen LogP contribution in [-0.2, 0) is 18.0 Å². The number of aromatic nitrogens is 3. The highest BCUT2D eigenvalue weighted by Gasteiger charge is 2.35. The van der Waals surface area contributed by atoms with Crippen molar-refractivity contribution in [2.24, 2.45) is 7.05 Å². The predicted octanol–water partition coefficient (Wildman–Crippen LogP) is 6.25. The number of pyridine rings is 1. The Morgan fingerprint density at radius 2 is 1.89 bits per heavy atom. The highest BCUT2D eigenvalue weighted by molar-refractivity contribution is 6.10. The fourth-order valence-corrected chi connectivity index (χ4v) is 5.82. The van der Waals surface area contributed by atoms with Crippen molar-refractivity contribution in [2.75, 3.05) is 11.9 Å². The molecule has 2 N–H and O–H groups in total. The van der Waals surface area contributed by atoms with E-state index in [0.29, 0.717) is 35.9 Å². The second-order valence-electron chi connectivity index (χ2n) is 10.9. The Kier molecular flexibility index (Phi) is 7.57. The van der Waals surface area contributed by atoms with Gasteiger partial charge in [0, 0.05) is 37.0 Å². The van der Waals surface area contributed by atoms with Crippen LogP contribution in [0.25, 0.3) is 27.7 Å². The van der Waals surface area contributed by atoms with Crippen molar-refractivity contribution in [2.45, 2.75) is 25.1 Å². The molecule has 1 atom stereocenters. The summed E-state index contributed by atoms with van der Waals surface area (Å²) in [5.74, 6) is -1.06. The number of carbonyl (C=O) groups is 3. The van der Waals surface area contributed by atoms with E-state index in [0.717, 1.165) is 6.07 Å². The minimum Gasteiger partial charge on any atom is -0.465 e. The number of alkyl halides is 3. The zero-order valence-electron chi connectivity index (χ0n) is 24.2. The van der Waals surface area contributed by atoms with Gasteiger partial charge in [-0.15, -0.1) is 0 Å². The number of amides is 2. The second-order valence-corrected chi connectivity index (χ2v) is 10.9. The molecular weight excluding hydrogens is 601 g/mol. The zero-order chi connectivity index (χ0) is 32.7. The molecule has 2 aromatic carbocycles. The van der Waals surface area contributed by atoms with E-state index in [1.807, 2.05) is 6.07 Å². The van der Waals surface area contributed by atoms with Gasteiger partial charge in [-0.3, -0.25) is 9.59 Å². The number of halogens is 3. The number of ketones is 1. The molecule has 0 spiro atoms. The number of hydrogen-bond acceptors (Lipinski definition) is 5. The summed E-state index contributed by atoms with van der Waals surface area (Å²) in [6.07, 6.45) is 1.29. The molecule has 5 aromatic rings. The van der Waals surface area contributed by atoms with Crippen molar-refractivity contribution in [1.82, 2.24) is 18.9 Å². The van der Waals surface area contributed by atoms with E-state index in [1.54, 1.807) is 31.4 Å². The summed E-state index contributed by atoms with van der Waals surface area (Å²) in [6.45, 7) is 0.383. The first-order valence-corrected chi connectivity index (χ1v) is 14.2. The van der Waals surface area contributed by atoms with Gasteiger partial charge in [0.1, 0.15) is 6.07 Å². The maximum Gasteiger partial charge on any atom is 0.417 e. The number of fused-ring (bicyclic) bond motifs is 2. The Morgan fingerprint density at radius 1 is 1.09 bits per heavy atom. The predicted molar refractivity (Wildman–Crippen MR) is 162 cm³/mol. The molecule has 0 aliphatic carbocycles. The number of likely N-dealkylation sites (tertiary alicyclic amines) is 1. The van der Waals surface area contributed by atoms with Crippen LogP contribution in [-0.4, -0.2) is 54.3 Å². The van der Waals surface area contributed by atoms with E-state index in [1.165, 1.54) is 62.7 Å². The molecular formula is C33H25F3N6O4. The Bertz CT molecular complexity index is 2120. The molecule has 0 radical (unpaired) electrons. The molecule has 0 saturated carbocycles. The fraction of sp³-hybridized carbons (Fsp3) is 0.182. The molecule has 1 unspecified atom stereocenters. The number of nitrogens with zero attached hydrogens (tertiary/aromatic N) is 5. The average Bonchev–Trinajstić information content (AvgIpc) is 3.77. The van der Waals surface area contributed by atoms with Crippen LogP contribution in [0.1, 0.15) is 40.0 Å². The lowest BCUT2D eigenvalue weighted by Crippen LogP contribution is -2.33. The van der Waals surface area contributed by atoms with Crippen LogP contribution in [0.5, 0.6) is 0 Å². The number of benzene rings is 2. The highest BCUT2D eigenvalue weighted by Crippen LogP contribution is 2.41.